The Morgan fingerprint density at radius 2 is 2.12 bits per heavy atom. The van der Waals surface area contributed by atoms with Crippen LogP contribution in [-0.2, 0) is 0 Å². The van der Waals surface area contributed by atoms with Crippen LogP contribution in [0.4, 0.5) is 0 Å². The van der Waals surface area contributed by atoms with Crippen molar-refractivity contribution in [1.82, 2.24) is 39.8 Å². The first-order valence-corrected chi connectivity index (χ1v) is 8.43. The minimum atomic E-state index is 0.538. The first-order chi connectivity index (χ1) is 12.3. The molecule has 4 rings (SSSR count). The molecule has 0 bridgehead atoms. The van der Waals surface area contributed by atoms with Crippen LogP contribution in [0, 0.1) is 6.92 Å². The van der Waals surface area contributed by atoms with Crippen LogP contribution in [0.2, 0.25) is 0 Å². The quantitative estimate of drug-likeness (QED) is 0.502. The smallest absolute Gasteiger partial charge is 0.253 e. The lowest BCUT2D eigenvalue weighted by molar-refractivity contribution is 0.337. The van der Waals surface area contributed by atoms with Gasteiger partial charge >= 0.3 is 0 Å². The molecule has 0 aliphatic carbocycles. The predicted octanol–water partition coefficient (Wildman–Crippen LogP) is 1.96. The number of fused-ring (bicyclic) bond motifs is 1. The van der Waals surface area contributed by atoms with Gasteiger partial charge in [0.2, 0.25) is 5.16 Å². The molecular formula is C15H14N8OS. The molecule has 0 atom stereocenters. The predicted molar refractivity (Wildman–Crippen MR) is 90.0 cm³/mol. The summed E-state index contributed by atoms with van der Waals surface area (Å²) in [7, 11) is 0. The monoisotopic (exact) mass is 354 g/mol. The summed E-state index contributed by atoms with van der Waals surface area (Å²) in [5.74, 6) is 1.26. The number of tetrazole rings is 1. The Hall–Kier alpha value is -3.01. The zero-order valence-electron chi connectivity index (χ0n) is 13.6. The van der Waals surface area contributed by atoms with E-state index in [1.165, 1.54) is 18.1 Å². The van der Waals surface area contributed by atoms with Crippen LogP contribution in [0.25, 0.3) is 11.5 Å². The molecule has 9 nitrogen and oxygen atoms in total. The topological polar surface area (TPSA) is 95.9 Å². The summed E-state index contributed by atoms with van der Waals surface area (Å²) in [6.45, 7) is 4.41. The van der Waals surface area contributed by atoms with Crippen molar-refractivity contribution in [2.24, 2.45) is 0 Å². The lowest BCUT2D eigenvalue weighted by atomic mass is 10.3. The number of hydrogen-bond donors (Lipinski definition) is 0. The average molecular weight is 354 g/mol. The van der Waals surface area contributed by atoms with Gasteiger partial charge in [0.1, 0.15) is 22.8 Å². The second-order valence-corrected chi connectivity index (χ2v) is 6.07. The van der Waals surface area contributed by atoms with E-state index in [9.17, 15) is 0 Å². The molecule has 0 aliphatic rings. The summed E-state index contributed by atoms with van der Waals surface area (Å²) in [5, 5.41) is 17.7. The lowest BCUT2D eigenvalue weighted by Crippen LogP contribution is -2.04. The van der Waals surface area contributed by atoms with E-state index in [1.807, 2.05) is 44.2 Å². The molecule has 0 amide bonds. The van der Waals surface area contributed by atoms with E-state index in [0.717, 1.165) is 22.2 Å². The van der Waals surface area contributed by atoms with Gasteiger partial charge in [0.15, 0.2) is 0 Å². The Balaban J connectivity index is 1.77. The number of aryl methyl sites for hydroxylation is 1. The van der Waals surface area contributed by atoms with Crippen LogP contribution in [0.5, 0.6) is 5.75 Å². The SMILES string of the molecule is CCOc1ccccc1-n1nnnc1Sc1cc(C)nc2ncnn12. The highest BCUT2D eigenvalue weighted by Crippen LogP contribution is 2.30. The van der Waals surface area contributed by atoms with E-state index < -0.39 is 0 Å². The Morgan fingerprint density at radius 3 is 3.00 bits per heavy atom. The van der Waals surface area contributed by atoms with Crippen LogP contribution in [0.3, 0.4) is 0 Å². The summed E-state index contributed by atoms with van der Waals surface area (Å²) in [4.78, 5) is 8.48. The van der Waals surface area contributed by atoms with Crippen molar-refractivity contribution in [3.8, 4) is 11.4 Å². The molecular weight excluding hydrogens is 340 g/mol. The Bertz CT molecular complexity index is 1030. The molecule has 0 N–H and O–H groups in total. The molecule has 0 spiro atoms. The highest BCUT2D eigenvalue weighted by Gasteiger charge is 2.16. The van der Waals surface area contributed by atoms with Gasteiger partial charge in [-0.05, 0) is 54.2 Å². The Labute approximate surface area is 147 Å². The molecule has 10 heteroatoms. The molecule has 0 unspecified atom stereocenters. The molecule has 126 valence electrons. The normalized spacial score (nSPS) is 11.1. The highest BCUT2D eigenvalue weighted by molar-refractivity contribution is 7.99. The Morgan fingerprint density at radius 1 is 1.24 bits per heavy atom. The zero-order valence-corrected chi connectivity index (χ0v) is 14.4. The third-order valence-electron chi connectivity index (χ3n) is 3.38. The van der Waals surface area contributed by atoms with Gasteiger partial charge in [-0.15, -0.1) is 5.10 Å². The standard InChI is InChI=1S/C15H14N8OS/c1-3-24-12-7-5-4-6-11(12)22-15(19-20-21-22)25-13-8-10(2)18-14-16-9-17-23(13)14/h4-9H,3H2,1-2H3. The minimum absolute atomic E-state index is 0.538. The summed E-state index contributed by atoms with van der Waals surface area (Å²) in [6, 6.07) is 9.55. The van der Waals surface area contributed by atoms with Crippen molar-refractivity contribution >= 4 is 17.5 Å². The van der Waals surface area contributed by atoms with Crippen molar-refractivity contribution in [2.75, 3.05) is 6.61 Å². The number of nitrogens with zero attached hydrogens (tertiary/aromatic N) is 8. The van der Waals surface area contributed by atoms with Gasteiger partial charge < -0.3 is 4.74 Å². The van der Waals surface area contributed by atoms with E-state index in [1.54, 1.807) is 9.20 Å². The van der Waals surface area contributed by atoms with Crippen molar-refractivity contribution in [1.29, 1.82) is 0 Å². The number of para-hydroxylation sites is 2. The van der Waals surface area contributed by atoms with Gasteiger partial charge in [0, 0.05) is 5.69 Å². The number of rotatable bonds is 5. The summed E-state index contributed by atoms with van der Waals surface area (Å²) in [6.07, 6.45) is 1.47. The second-order valence-electron chi connectivity index (χ2n) is 5.08. The number of ether oxygens (including phenoxy) is 1. The maximum atomic E-state index is 5.68. The third-order valence-corrected chi connectivity index (χ3v) is 4.31. The van der Waals surface area contributed by atoms with Crippen molar-refractivity contribution in [2.45, 2.75) is 24.0 Å². The fraction of sp³-hybridized carbons (Fsp3) is 0.200. The van der Waals surface area contributed by atoms with Gasteiger partial charge in [-0.25, -0.2) is 4.98 Å². The van der Waals surface area contributed by atoms with E-state index in [-0.39, 0.29) is 0 Å². The first-order valence-electron chi connectivity index (χ1n) is 7.62. The lowest BCUT2D eigenvalue weighted by Gasteiger charge is -2.10. The van der Waals surface area contributed by atoms with E-state index in [4.69, 9.17) is 4.74 Å². The van der Waals surface area contributed by atoms with Crippen LogP contribution >= 0.6 is 11.8 Å². The van der Waals surface area contributed by atoms with Crippen molar-refractivity contribution in [3.05, 3.63) is 42.4 Å². The maximum Gasteiger partial charge on any atom is 0.253 e. The van der Waals surface area contributed by atoms with Crippen LogP contribution < -0.4 is 4.74 Å². The van der Waals surface area contributed by atoms with Gasteiger partial charge in [-0.3, -0.25) is 0 Å². The number of hydrogen-bond acceptors (Lipinski definition) is 8. The Kier molecular flexibility index (Phi) is 4.02. The van der Waals surface area contributed by atoms with E-state index in [0.29, 0.717) is 17.5 Å². The number of aromatic nitrogens is 8. The van der Waals surface area contributed by atoms with Gasteiger partial charge in [-0.1, -0.05) is 12.1 Å². The fourth-order valence-corrected chi connectivity index (χ4v) is 3.30. The van der Waals surface area contributed by atoms with Crippen LogP contribution in [0.15, 0.2) is 46.8 Å². The molecule has 25 heavy (non-hydrogen) atoms. The maximum absolute atomic E-state index is 5.68. The van der Waals surface area contributed by atoms with Crippen molar-refractivity contribution < 1.29 is 4.74 Å². The molecule has 0 saturated heterocycles. The van der Waals surface area contributed by atoms with Crippen LogP contribution in [0.1, 0.15) is 12.6 Å². The zero-order chi connectivity index (χ0) is 17.2. The van der Waals surface area contributed by atoms with Crippen LogP contribution in [-0.4, -0.2) is 46.4 Å². The van der Waals surface area contributed by atoms with Gasteiger partial charge in [0.25, 0.3) is 5.78 Å². The minimum Gasteiger partial charge on any atom is -0.492 e. The first kappa shape index (κ1) is 15.5. The molecule has 0 fully saturated rings. The molecule has 1 aromatic carbocycles. The fourth-order valence-electron chi connectivity index (χ4n) is 2.37. The summed E-state index contributed by atoms with van der Waals surface area (Å²) < 4.78 is 8.98. The largest absolute Gasteiger partial charge is 0.492 e. The molecule has 3 aromatic heterocycles. The van der Waals surface area contributed by atoms with E-state index in [2.05, 4.69) is 30.6 Å². The third kappa shape index (κ3) is 2.91. The summed E-state index contributed by atoms with van der Waals surface area (Å²) in [5.41, 5.74) is 1.62. The number of benzene rings is 1. The second kappa shape index (κ2) is 6.48. The highest BCUT2D eigenvalue weighted by atomic mass is 32.2. The van der Waals surface area contributed by atoms with E-state index >= 15 is 0 Å². The molecule has 4 aromatic rings. The average Bonchev–Trinajstić information content (AvgIpc) is 3.25. The van der Waals surface area contributed by atoms with Gasteiger partial charge in [0.05, 0.1) is 6.61 Å². The van der Waals surface area contributed by atoms with Crippen molar-refractivity contribution in [3.63, 3.8) is 0 Å². The molecule has 0 saturated carbocycles. The molecule has 0 aliphatic heterocycles. The summed E-state index contributed by atoms with van der Waals surface area (Å²) >= 11 is 1.38. The molecule has 3 heterocycles. The molecule has 0 radical (unpaired) electrons. The van der Waals surface area contributed by atoms with Gasteiger partial charge in [-0.2, -0.15) is 19.3 Å².